The van der Waals surface area contributed by atoms with Crippen molar-refractivity contribution in [3.63, 3.8) is 0 Å². The molecule has 2 aliphatic rings. The van der Waals surface area contributed by atoms with E-state index in [1.165, 1.54) is 0 Å². The predicted molar refractivity (Wildman–Crippen MR) is 297 cm³/mol. The number of nitrogens with one attached hydrogen (secondary N) is 1. The van der Waals surface area contributed by atoms with Crippen LogP contribution in [0.1, 0.15) is 115 Å². The van der Waals surface area contributed by atoms with Gasteiger partial charge in [-0.1, -0.05) is 131 Å². The van der Waals surface area contributed by atoms with Gasteiger partial charge in [0.2, 0.25) is 0 Å². The third-order valence-corrected chi connectivity index (χ3v) is 14.6. The normalized spacial score (nSPS) is 15.4. The largest absolute Gasteiger partial charge is 0.497 e. The summed E-state index contributed by atoms with van der Waals surface area (Å²) in [6, 6.07) is 44.6. The zero-order chi connectivity index (χ0) is 53.2. The van der Waals surface area contributed by atoms with Gasteiger partial charge in [0.25, 0.3) is 11.1 Å². The molecule has 0 radical (unpaired) electrons. The van der Waals surface area contributed by atoms with Gasteiger partial charge in [0, 0.05) is 33.0 Å². The lowest BCUT2D eigenvalue weighted by atomic mass is 9.82. The van der Waals surface area contributed by atoms with Crippen molar-refractivity contribution < 1.29 is 29.3 Å². The van der Waals surface area contributed by atoms with Gasteiger partial charge >= 0.3 is 0 Å². The Kier molecular flexibility index (Phi) is 18.8. The standard InChI is InChI=1S/C29H27Cl2N3O3.C21H17Cl3N2O2.C8H11NO/c1-37-21-10-5-9-19(15-21)22-11-6-12-23-27(29(36)32-25(17-35)18-7-3-2-4-8-18)33-34(28(22)23)26-14-13-20(30)16-24(26)31;1-28-14-5-2-4-12(10-14)15-6-3-7-16-19(21(24)27)25-26(20(15)16)18-9-8-13(22)11-17(18)23;9-8(6-10)7-4-2-1-3-5-7/h2-5,7-10,13-16,22,25,35H,6,11-12,17H2,1H3,(H,32,36);2,4-5,8-11,15H,3,6-7H2,1H3;1-5,8,10H,6,9H2/t22?,25-;;8-/m1.1/s1. The number of aromatic nitrogens is 4. The maximum atomic E-state index is 13.6. The van der Waals surface area contributed by atoms with Crippen LogP contribution in [0.2, 0.25) is 20.1 Å². The average Bonchev–Trinajstić information content (AvgIpc) is 4.03. The number of hydrogen-bond donors (Lipinski definition) is 4. The number of halogens is 5. The number of nitrogens with two attached hydrogens (primary N) is 1. The highest BCUT2D eigenvalue weighted by molar-refractivity contribution is 6.67. The number of fused-ring (bicyclic) bond motifs is 2. The van der Waals surface area contributed by atoms with Crippen molar-refractivity contribution in [2.24, 2.45) is 5.73 Å². The summed E-state index contributed by atoms with van der Waals surface area (Å²) in [5, 5.41) is 32.4. The van der Waals surface area contributed by atoms with Crippen molar-refractivity contribution in [2.75, 3.05) is 27.4 Å². The Morgan fingerprint density at radius 2 is 1.09 bits per heavy atom. The fraction of sp³-hybridized carbons (Fsp3) is 0.241. The van der Waals surface area contributed by atoms with E-state index in [-0.39, 0.29) is 42.7 Å². The van der Waals surface area contributed by atoms with Gasteiger partial charge in [-0.15, -0.1) is 0 Å². The van der Waals surface area contributed by atoms with E-state index in [0.29, 0.717) is 43.6 Å². The Morgan fingerprint density at radius 1 is 0.627 bits per heavy atom. The Bertz CT molecular complexity index is 3260. The summed E-state index contributed by atoms with van der Waals surface area (Å²) in [4.78, 5) is 25.7. The second-order valence-electron chi connectivity index (χ2n) is 18.0. The first-order valence-electron chi connectivity index (χ1n) is 24.3. The van der Waals surface area contributed by atoms with Gasteiger partial charge in [0.05, 0.1) is 72.3 Å². The quantitative estimate of drug-likeness (QED) is 0.0822. The van der Waals surface area contributed by atoms with Crippen molar-refractivity contribution in [3.05, 3.63) is 222 Å². The van der Waals surface area contributed by atoms with Crippen molar-refractivity contribution in [1.29, 1.82) is 0 Å². The molecule has 4 atom stereocenters. The topological polar surface area (TPSA) is 167 Å². The van der Waals surface area contributed by atoms with E-state index in [2.05, 4.69) is 22.5 Å². The summed E-state index contributed by atoms with van der Waals surface area (Å²) >= 11 is 31.2. The number of amides is 1. The second-order valence-corrected chi connectivity index (χ2v) is 20.0. The predicted octanol–water partition coefficient (Wildman–Crippen LogP) is 12.8. The van der Waals surface area contributed by atoms with Crippen molar-refractivity contribution in [3.8, 4) is 22.9 Å². The number of ether oxygens (including phenoxy) is 2. The Hall–Kier alpha value is -6.19. The van der Waals surface area contributed by atoms with E-state index < -0.39 is 11.3 Å². The highest BCUT2D eigenvalue weighted by Crippen LogP contribution is 2.43. The molecule has 388 valence electrons. The lowest BCUT2D eigenvalue weighted by Gasteiger charge is -2.26. The first-order valence-corrected chi connectivity index (χ1v) is 26.2. The van der Waals surface area contributed by atoms with Crippen molar-refractivity contribution in [2.45, 2.75) is 62.4 Å². The summed E-state index contributed by atoms with van der Waals surface area (Å²) < 4.78 is 14.4. The van der Waals surface area contributed by atoms with Crippen LogP contribution in [-0.4, -0.2) is 68.4 Å². The molecular formula is C58H55Cl5N6O6. The second kappa shape index (κ2) is 25.6. The van der Waals surface area contributed by atoms with Crippen LogP contribution in [0.25, 0.3) is 11.4 Å². The number of nitrogens with zero attached hydrogens (tertiary/aromatic N) is 4. The molecule has 1 amide bonds. The lowest BCUT2D eigenvalue weighted by Crippen LogP contribution is -2.32. The minimum atomic E-state index is -0.564. The van der Waals surface area contributed by atoms with Gasteiger partial charge in [-0.25, -0.2) is 9.36 Å². The number of hydrogen-bond acceptors (Lipinski definition) is 9. The monoisotopic (exact) mass is 1110 g/mol. The summed E-state index contributed by atoms with van der Waals surface area (Å²) in [5.74, 6) is 1.25. The number of carbonyl (C=O) groups excluding carboxylic acids is 2. The van der Waals surface area contributed by atoms with E-state index in [9.17, 15) is 14.7 Å². The molecule has 0 saturated heterocycles. The third-order valence-electron chi connectivity index (χ3n) is 13.3. The zero-order valence-corrected chi connectivity index (χ0v) is 44.9. The number of aliphatic hydroxyl groups is 2. The minimum absolute atomic E-state index is 0.00398. The maximum Gasteiger partial charge on any atom is 0.273 e. The SMILES string of the molecule is COc1cccc(C2CCCc3c(C(=O)Cl)nn(-c4ccc(Cl)cc4Cl)c32)c1.COc1cccc(C2CCCc3c(C(=O)N[C@H](CO)c4ccccc4)nn(-c4ccc(Cl)cc4Cl)c32)c1.N[C@H](CO)c1ccccc1. The van der Waals surface area contributed by atoms with Crippen LogP contribution in [-0.2, 0) is 12.8 Å². The molecule has 5 N–H and O–H groups in total. The van der Waals surface area contributed by atoms with Crippen LogP contribution in [0.15, 0.2) is 146 Å². The van der Waals surface area contributed by atoms with E-state index in [0.717, 1.165) is 88.4 Å². The highest BCUT2D eigenvalue weighted by atomic mass is 35.5. The van der Waals surface area contributed by atoms with Crippen LogP contribution < -0.4 is 20.5 Å². The van der Waals surface area contributed by atoms with E-state index in [1.54, 1.807) is 53.9 Å². The minimum Gasteiger partial charge on any atom is -0.497 e. The van der Waals surface area contributed by atoms with Gasteiger partial charge in [0.1, 0.15) is 17.2 Å². The lowest BCUT2D eigenvalue weighted by molar-refractivity contribution is 0.0909. The van der Waals surface area contributed by atoms with Crippen LogP contribution in [0, 0.1) is 0 Å². The van der Waals surface area contributed by atoms with Gasteiger partial charge in [0.15, 0.2) is 5.69 Å². The van der Waals surface area contributed by atoms with Crippen LogP contribution in [0.4, 0.5) is 0 Å². The van der Waals surface area contributed by atoms with Crippen LogP contribution in [0.3, 0.4) is 0 Å². The first-order chi connectivity index (χ1) is 36.3. The number of carbonyl (C=O) groups is 2. The van der Waals surface area contributed by atoms with Gasteiger partial charge in [-0.2, -0.15) is 10.2 Å². The van der Waals surface area contributed by atoms with Crippen molar-refractivity contribution in [1.82, 2.24) is 24.9 Å². The summed E-state index contributed by atoms with van der Waals surface area (Å²) in [7, 11) is 3.29. The summed E-state index contributed by atoms with van der Waals surface area (Å²) in [6.07, 6.45) is 5.10. The Morgan fingerprint density at radius 3 is 1.53 bits per heavy atom. The van der Waals surface area contributed by atoms with Gasteiger partial charge < -0.3 is 30.7 Å². The molecule has 0 fully saturated rings. The molecule has 2 aliphatic carbocycles. The molecule has 0 spiro atoms. The highest BCUT2D eigenvalue weighted by Gasteiger charge is 2.35. The van der Waals surface area contributed by atoms with E-state index >= 15 is 0 Å². The number of rotatable bonds is 13. The van der Waals surface area contributed by atoms with E-state index in [4.69, 9.17) is 83.4 Å². The fourth-order valence-electron chi connectivity index (χ4n) is 9.71. The average molecular weight is 1110 g/mol. The van der Waals surface area contributed by atoms with Crippen LogP contribution >= 0.6 is 58.0 Å². The molecule has 10 rings (SSSR count). The smallest absolute Gasteiger partial charge is 0.273 e. The van der Waals surface area contributed by atoms with E-state index in [1.807, 2.05) is 103 Å². The first kappa shape index (κ1) is 55.1. The maximum absolute atomic E-state index is 13.6. The Balaban J connectivity index is 0.000000172. The molecule has 6 aromatic carbocycles. The molecule has 2 heterocycles. The molecule has 0 aliphatic heterocycles. The number of benzene rings is 6. The molecule has 0 saturated carbocycles. The number of methoxy groups -OCH3 is 2. The molecule has 75 heavy (non-hydrogen) atoms. The molecular weight excluding hydrogens is 1050 g/mol. The zero-order valence-electron chi connectivity index (χ0n) is 41.1. The summed E-state index contributed by atoms with van der Waals surface area (Å²) in [5.41, 5.74) is 15.1. The van der Waals surface area contributed by atoms with Gasteiger partial charge in [-0.3, -0.25) is 9.59 Å². The molecule has 17 heteroatoms. The molecule has 8 aromatic rings. The molecule has 2 aromatic heterocycles. The molecule has 0 bridgehead atoms. The molecule has 2 unspecified atom stereocenters. The number of aliphatic hydroxyl groups excluding tert-OH is 2. The summed E-state index contributed by atoms with van der Waals surface area (Å²) in [6.45, 7) is -0.224. The third kappa shape index (κ3) is 12.7. The Labute approximate surface area is 460 Å². The molecule has 12 nitrogen and oxygen atoms in total. The fourth-order valence-corrected chi connectivity index (χ4v) is 10.8. The van der Waals surface area contributed by atoms with Crippen molar-refractivity contribution >= 4 is 69.2 Å². The van der Waals surface area contributed by atoms with Crippen LogP contribution in [0.5, 0.6) is 11.5 Å². The van der Waals surface area contributed by atoms with Gasteiger partial charge in [-0.05, 0) is 133 Å².